The van der Waals surface area contributed by atoms with Gasteiger partial charge in [-0.1, -0.05) is 25.1 Å². The van der Waals surface area contributed by atoms with Crippen molar-refractivity contribution in [2.24, 2.45) is 0 Å². The van der Waals surface area contributed by atoms with Gasteiger partial charge in [0.15, 0.2) is 0 Å². The Labute approximate surface area is 141 Å². The molecule has 1 amide bonds. The summed E-state index contributed by atoms with van der Waals surface area (Å²) >= 11 is 0. The smallest absolute Gasteiger partial charge is 0.328 e. The predicted molar refractivity (Wildman–Crippen MR) is 90.5 cm³/mol. The second-order valence-electron chi connectivity index (χ2n) is 5.15. The van der Waals surface area contributed by atoms with Gasteiger partial charge in [-0.25, -0.2) is 4.79 Å². The number of nitrogens with zero attached hydrogens (tertiary/aromatic N) is 2. The zero-order valence-electron chi connectivity index (χ0n) is 13.6. The number of carbonyl (C=O) groups is 2. The molecule has 0 bridgehead atoms. The van der Waals surface area contributed by atoms with Crippen LogP contribution in [0.25, 0.3) is 0 Å². The molecule has 0 fully saturated rings. The van der Waals surface area contributed by atoms with Gasteiger partial charge in [-0.3, -0.25) is 9.69 Å². The Hall–Kier alpha value is -3.13. The lowest BCUT2D eigenvalue weighted by Gasteiger charge is -2.29. The maximum Gasteiger partial charge on any atom is 0.328 e. The van der Waals surface area contributed by atoms with E-state index in [9.17, 15) is 9.59 Å². The summed E-state index contributed by atoms with van der Waals surface area (Å²) in [5.41, 5.74) is 1.49. The number of hydrogen-bond acceptors (Lipinski definition) is 4. The van der Waals surface area contributed by atoms with Crippen molar-refractivity contribution in [1.29, 1.82) is 5.26 Å². The number of rotatable bonds is 5. The number of esters is 1. The first kappa shape index (κ1) is 17.2. The summed E-state index contributed by atoms with van der Waals surface area (Å²) in [4.78, 5) is 26.6. The van der Waals surface area contributed by atoms with E-state index in [1.54, 1.807) is 48.5 Å². The van der Waals surface area contributed by atoms with Crippen LogP contribution in [0.5, 0.6) is 0 Å². The summed E-state index contributed by atoms with van der Waals surface area (Å²) in [7, 11) is 1.31. The molecule has 5 nitrogen and oxygen atoms in total. The van der Waals surface area contributed by atoms with E-state index in [0.717, 1.165) is 0 Å². The van der Waals surface area contributed by atoms with Crippen LogP contribution in [0.1, 0.15) is 29.3 Å². The van der Waals surface area contributed by atoms with Crippen molar-refractivity contribution in [3.8, 4) is 6.07 Å². The number of anilines is 1. The van der Waals surface area contributed by atoms with Crippen LogP contribution < -0.4 is 4.90 Å². The van der Waals surface area contributed by atoms with Crippen molar-refractivity contribution in [1.82, 2.24) is 0 Å². The number of ether oxygens (including phenoxy) is 1. The number of amides is 1. The van der Waals surface area contributed by atoms with Crippen molar-refractivity contribution in [2.45, 2.75) is 19.4 Å². The minimum Gasteiger partial charge on any atom is -0.467 e. The Morgan fingerprint density at radius 2 is 1.75 bits per heavy atom. The molecule has 0 aliphatic rings. The number of benzene rings is 2. The molecule has 0 saturated carbocycles. The van der Waals surface area contributed by atoms with E-state index in [-0.39, 0.29) is 5.91 Å². The van der Waals surface area contributed by atoms with Crippen LogP contribution in [0.3, 0.4) is 0 Å². The molecule has 0 aliphatic heterocycles. The number of hydrogen-bond donors (Lipinski definition) is 0. The highest BCUT2D eigenvalue weighted by Crippen LogP contribution is 2.22. The zero-order chi connectivity index (χ0) is 17.5. The molecule has 0 saturated heterocycles. The van der Waals surface area contributed by atoms with Gasteiger partial charge in [-0.2, -0.15) is 5.26 Å². The van der Waals surface area contributed by atoms with Crippen LogP contribution in [0.4, 0.5) is 5.69 Å². The summed E-state index contributed by atoms with van der Waals surface area (Å²) in [5.74, 6) is -0.786. The van der Waals surface area contributed by atoms with Crippen LogP contribution in [0.15, 0.2) is 54.6 Å². The molecule has 2 aromatic rings. The standard InChI is InChI=1S/C19H18N2O3/c1-3-17(19(23)24-2)21(16-7-5-4-6-8-16)18(22)15-11-9-14(13-20)10-12-15/h4-12,17H,3H2,1-2H3/t17-/m0/s1. The quantitative estimate of drug-likeness (QED) is 0.793. The molecule has 2 aromatic carbocycles. The van der Waals surface area contributed by atoms with Gasteiger partial charge in [0.2, 0.25) is 0 Å². The van der Waals surface area contributed by atoms with Gasteiger partial charge >= 0.3 is 5.97 Å². The first-order valence-electron chi connectivity index (χ1n) is 7.59. The molecule has 5 heteroatoms. The van der Waals surface area contributed by atoms with Gasteiger partial charge in [0.25, 0.3) is 5.91 Å². The third-order valence-electron chi connectivity index (χ3n) is 3.69. The molecule has 0 heterocycles. The molecular formula is C19H18N2O3. The fraction of sp³-hybridized carbons (Fsp3) is 0.211. The van der Waals surface area contributed by atoms with Crippen molar-refractivity contribution in [3.05, 3.63) is 65.7 Å². The largest absolute Gasteiger partial charge is 0.467 e. The first-order chi connectivity index (χ1) is 11.6. The Kier molecular flexibility index (Phi) is 5.69. The number of nitriles is 1. The third kappa shape index (κ3) is 3.61. The lowest BCUT2D eigenvalue weighted by molar-refractivity contribution is -0.142. The Morgan fingerprint density at radius 1 is 1.12 bits per heavy atom. The van der Waals surface area contributed by atoms with E-state index in [2.05, 4.69) is 0 Å². The molecule has 0 aliphatic carbocycles. The van der Waals surface area contributed by atoms with E-state index in [4.69, 9.17) is 10.00 Å². The lowest BCUT2D eigenvalue weighted by Crippen LogP contribution is -2.45. The SMILES string of the molecule is CC[C@@H](C(=O)OC)N(C(=O)c1ccc(C#N)cc1)c1ccccc1. The third-order valence-corrected chi connectivity index (χ3v) is 3.69. The van der Waals surface area contributed by atoms with E-state index >= 15 is 0 Å². The topological polar surface area (TPSA) is 70.4 Å². The molecule has 0 unspecified atom stereocenters. The van der Waals surface area contributed by atoms with E-state index < -0.39 is 12.0 Å². The van der Waals surface area contributed by atoms with Gasteiger partial charge in [-0.15, -0.1) is 0 Å². The van der Waals surface area contributed by atoms with E-state index in [1.807, 2.05) is 19.1 Å². The second-order valence-corrected chi connectivity index (χ2v) is 5.15. The Morgan fingerprint density at radius 3 is 2.25 bits per heavy atom. The summed E-state index contributed by atoms with van der Waals surface area (Å²) in [5, 5.41) is 8.88. The van der Waals surface area contributed by atoms with Gasteiger partial charge in [0, 0.05) is 11.3 Å². The summed E-state index contributed by atoms with van der Waals surface area (Å²) < 4.78 is 4.85. The molecule has 0 spiro atoms. The average Bonchev–Trinajstić information content (AvgIpc) is 2.65. The van der Waals surface area contributed by atoms with Crippen molar-refractivity contribution >= 4 is 17.6 Å². The van der Waals surface area contributed by atoms with Crippen molar-refractivity contribution < 1.29 is 14.3 Å². The molecular weight excluding hydrogens is 304 g/mol. The fourth-order valence-electron chi connectivity index (χ4n) is 2.44. The van der Waals surface area contributed by atoms with Crippen molar-refractivity contribution in [3.63, 3.8) is 0 Å². The summed E-state index contributed by atoms with van der Waals surface area (Å²) in [6.07, 6.45) is 0.420. The first-order valence-corrected chi connectivity index (χ1v) is 7.59. The highest BCUT2D eigenvalue weighted by Gasteiger charge is 2.31. The number of methoxy groups -OCH3 is 1. The van der Waals surface area contributed by atoms with Crippen LogP contribution >= 0.6 is 0 Å². The highest BCUT2D eigenvalue weighted by atomic mass is 16.5. The van der Waals surface area contributed by atoms with Crippen LogP contribution in [-0.2, 0) is 9.53 Å². The monoisotopic (exact) mass is 322 g/mol. The van der Waals surface area contributed by atoms with Crippen LogP contribution in [0.2, 0.25) is 0 Å². The van der Waals surface area contributed by atoms with Crippen LogP contribution in [-0.4, -0.2) is 25.0 Å². The Balaban J connectivity index is 2.46. The van der Waals surface area contributed by atoms with Gasteiger partial charge < -0.3 is 4.74 Å². The molecule has 0 aromatic heterocycles. The summed E-state index contributed by atoms with van der Waals surface area (Å²) in [6, 6.07) is 16.6. The van der Waals surface area contributed by atoms with Gasteiger partial charge in [0.05, 0.1) is 18.7 Å². The Bertz CT molecular complexity index is 748. The maximum absolute atomic E-state index is 13.0. The molecule has 0 radical (unpaired) electrons. The molecule has 122 valence electrons. The molecule has 1 atom stereocenters. The van der Waals surface area contributed by atoms with Gasteiger partial charge in [0.1, 0.15) is 6.04 Å². The lowest BCUT2D eigenvalue weighted by atomic mass is 10.1. The van der Waals surface area contributed by atoms with E-state index in [0.29, 0.717) is 23.2 Å². The molecule has 24 heavy (non-hydrogen) atoms. The minimum absolute atomic E-state index is 0.317. The number of para-hydroxylation sites is 1. The van der Waals surface area contributed by atoms with E-state index in [1.165, 1.54) is 12.0 Å². The highest BCUT2D eigenvalue weighted by molar-refractivity contribution is 6.09. The second kappa shape index (κ2) is 7.93. The normalized spacial score (nSPS) is 11.2. The van der Waals surface area contributed by atoms with Crippen molar-refractivity contribution in [2.75, 3.05) is 12.0 Å². The fourth-order valence-corrected chi connectivity index (χ4v) is 2.44. The van der Waals surface area contributed by atoms with Gasteiger partial charge in [-0.05, 0) is 42.8 Å². The maximum atomic E-state index is 13.0. The predicted octanol–water partition coefficient (Wildman–Crippen LogP) is 3.16. The zero-order valence-corrected chi connectivity index (χ0v) is 13.6. The minimum atomic E-state index is -0.722. The average molecular weight is 322 g/mol. The molecule has 0 N–H and O–H groups in total. The summed E-state index contributed by atoms with van der Waals surface area (Å²) in [6.45, 7) is 1.82. The van der Waals surface area contributed by atoms with Crippen LogP contribution in [0, 0.1) is 11.3 Å². The number of carbonyl (C=O) groups excluding carboxylic acids is 2. The molecule has 2 rings (SSSR count).